The summed E-state index contributed by atoms with van der Waals surface area (Å²) < 4.78 is 0. The van der Waals surface area contributed by atoms with Crippen molar-refractivity contribution < 1.29 is 0 Å². The van der Waals surface area contributed by atoms with Crippen LogP contribution < -0.4 is 11.1 Å². The normalized spacial score (nSPS) is 26.3. The monoisotopic (exact) mass is 205 g/mol. The van der Waals surface area contributed by atoms with E-state index in [1.807, 2.05) is 25.1 Å². The third-order valence-corrected chi connectivity index (χ3v) is 3.04. The van der Waals surface area contributed by atoms with Gasteiger partial charge >= 0.3 is 0 Å². The van der Waals surface area contributed by atoms with E-state index in [0.717, 1.165) is 24.4 Å². The zero-order valence-corrected chi connectivity index (χ0v) is 9.24. The summed E-state index contributed by atoms with van der Waals surface area (Å²) in [5, 5.41) is 3.44. The minimum atomic E-state index is 0.279. The Bertz CT molecular complexity index is 324. The first-order valence-corrected chi connectivity index (χ1v) is 5.71. The number of nitrogens with zero attached hydrogens (tertiary/aromatic N) is 1. The minimum Gasteiger partial charge on any atom is -0.366 e. The lowest BCUT2D eigenvalue weighted by Crippen LogP contribution is -2.42. The standard InChI is InChI=1S/C12H19N3/c1-9-5-4-8-12(14-9)15-11-7-3-2-6-10(11)13/h4-5,8,10-11H,2-3,6-7,13H2,1H3,(H,14,15). The lowest BCUT2D eigenvalue weighted by Gasteiger charge is -2.29. The maximum atomic E-state index is 6.07. The van der Waals surface area contributed by atoms with Crippen molar-refractivity contribution in [3.8, 4) is 0 Å². The molecule has 0 saturated heterocycles. The molecule has 3 nitrogen and oxygen atoms in total. The minimum absolute atomic E-state index is 0.279. The van der Waals surface area contributed by atoms with Crippen LogP contribution in [0.25, 0.3) is 0 Å². The molecule has 1 aromatic heterocycles. The number of pyridine rings is 1. The topological polar surface area (TPSA) is 50.9 Å². The molecule has 0 aromatic carbocycles. The zero-order valence-electron chi connectivity index (χ0n) is 9.24. The molecule has 0 aliphatic heterocycles. The number of anilines is 1. The molecule has 2 unspecified atom stereocenters. The van der Waals surface area contributed by atoms with Gasteiger partial charge in [-0.3, -0.25) is 0 Å². The highest BCUT2D eigenvalue weighted by atomic mass is 15.0. The third-order valence-electron chi connectivity index (χ3n) is 3.04. The summed E-state index contributed by atoms with van der Waals surface area (Å²) in [5.74, 6) is 0.956. The van der Waals surface area contributed by atoms with Crippen molar-refractivity contribution in [1.82, 2.24) is 4.98 Å². The van der Waals surface area contributed by atoms with Crippen LogP contribution in [0.2, 0.25) is 0 Å². The SMILES string of the molecule is Cc1cccc(NC2CCCCC2N)n1. The van der Waals surface area contributed by atoms with Gasteiger partial charge in [-0.25, -0.2) is 4.98 Å². The molecule has 3 N–H and O–H groups in total. The second-order valence-corrected chi connectivity index (χ2v) is 4.36. The van der Waals surface area contributed by atoms with Gasteiger partial charge in [-0.2, -0.15) is 0 Å². The number of aryl methyl sites for hydroxylation is 1. The Morgan fingerprint density at radius 2 is 2.13 bits per heavy atom. The van der Waals surface area contributed by atoms with E-state index in [4.69, 9.17) is 5.73 Å². The van der Waals surface area contributed by atoms with Crippen LogP contribution in [0.4, 0.5) is 5.82 Å². The lowest BCUT2D eigenvalue weighted by atomic mass is 9.91. The van der Waals surface area contributed by atoms with Gasteiger partial charge in [0, 0.05) is 17.8 Å². The van der Waals surface area contributed by atoms with Gasteiger partial charge in [0.2, 0.25) is 0 Å². The summed E-state index contributed by atoms with van der Waals surface area (Å²) in [6.07, 6.45) is 4.83. The van der Waals surface area contributed by atoms with Crippen LogP contribution in [0.15, 0.2) is 18.2 Å². The molecule has 0 spiro atoms. The molecule has 1 heterocycles. The van der Waals surface area contributed by atoms with Gasteiger partial charge in [0.1, 0.15) is 5.82 Å². The summed E-state index contributed by atoms with van der Waals surface area (Å²) >= 11 is 0. The van der Waals surface area contributed by atoms with Gasteiger partial charge in [-0.05, 0) is 31.9 Å². The van der Waals surface area contributed by atoms with Crippen molar-refractivity contribution >= 4 is 5.82 Å². The number of nitrogens with one attached hydrogen (secondary N) is 1. The Balaban J connectivity index is 2.01. The molecule has 1 aliphatic rings. The van der Waals surface area contributed by atoms with Crippen LogP contribution in [-0.2, 0) is 0 Å². The zero-order chi connectivity index (χ0) is 10.7. The molecule has 2 rings (SSSR count). The smallest absolute Gasteiger partial charge is 0.126 e. The highest BCUT2D eigenvalue weighted by molar-refractivity contribution is 5.36. The van der Waals surface area contributed by atoms with Crippen molar-refractivity contribution in [2.24, 2.45) is 5.73 Å². The molecule has 0 radical (unpaired) electrons. The number of hydrogen-bond acceptors (Lipinski definition) is 3. The molecular formula is C12H19N3. The summed E-state index contributed by atoms with van der Waals surface area (Å²) in [7, 11) is 0. The van der Waals surface area contributed by atoms with Gasteiger partial charge in [-0.15, -0.1) is 0 Å². The quantitative estimate of drug-likeness (QED) is 0.777. The van der Waals surface area contributed by atoms with E-state index < -0.39 is 0 Å². The number of hydrogen-bond donors (Lipinski definition) is 2. The fourth-order valence-corrected chi connectivity index (χ4v) is 2.15. The van der Waals surface area contributed by atoms with Crippen molar-refractivity contribution in [1.29, 1.82) is 0 Å². The first-order chi connectivity index (χ1) is 7.25. The molecule has 15 heavy (non-hydrogen) atoms. The predicted molar refractivity (Wildman–Crippen MR) is 62.8 cm³/mol. The Hall–Kier alpha value is -1.09. The molecule has 1 fully saturated rings. The highest BCUT2D eigenvalue weighted by Crippen LogP contribution is 2.20. The molecule has 0 amide bonds. The van der Waals surface area contributed by atoms with E-state index in [-0.39, 0.29) is 6.04 Å². The average Bonchev–Trinajstić information content (AvgIpc) is 2.22. The van der Waals surface area contributed by atoms with E-state index in [1.165, 1.54) is 12.8 Å². The molecule has 0 bridgehead atoms. The van der Waals surface area contributed by atoms with E-state index in [9.17, 15) is 0 Å². The van der Waals surface area contributed by atoms with Gasteiger partial charge < -0.3 is 11.1 Å². The first kappa shape index (κ1) is 10.4. The van der Waals surface area contributed by atoms with E-state index in [1.54, 1.807) is 0 Å². The predicted octanol–water partition coefficient (Wildman–Crippen LogP) is 2.07. The van der Waals surface area contributed by atoms with Crippen LogP contribution in [0, 0.1) is 6.92 Å². The fraction of sp³-hybridized carbons (Fsp3) is 0.583. The number of rotatable bonds is 2. The van der Waals surface area contributed by atoms with Crippen LogP contribution in [0.5, 0.6) is 0 Å². The Morgan fingerprint density at radius 1 is 1.33 bits per heavy atom. The van der Waals surface area contributed by atoms with Crippen LogP contribution in [0.3, 0.4) is 0 Å². The van der Waals surface area contributed by atoms with Gasteiger partial charge in [0.15, 0.2) is 0 Å². The largest absolute Gasteiger partial charge is 0.366 e. The lowest BCUT2D eigenvalue weighted by molar-refractivity contribution is 0.403. The second kappa shape index (κ2) is 4.62. The first-order valence-electron chi connectivity index (χ1n) is 5.71. The van der Waals surface area contributed by atoms with Crippen molar-refractivity contribution in [2.75, 3.05) is 5.32 Å². The maximum absolute atomic E-state index is 6.07. The summed E-state index contributed by atoms with van der Waals surface area (Å²) in [4.78, 5) is 4.44. The molecule has 1 aliphatic carbocycles. The van der Waals surface area contributed by atoms with Crippen LogP contribution in [-0.4, -0.2) is 17.1 Å². The van der Waals surface area contributed by atoms with E-state index in [2.05, 4.69) is 10.3 Å². The van der Waals surface area contributed by atoms with Crippen molar-refractivity contribution in [3.05, 3.63) is 23.9 Å². The molecule has 3 heteroatoms. The van der Waals surface area contributed by atoms with Crippen LogP contribution in [0.1, 0.15) is 31.4 Å². The maximum Gasteiger partial charge on any atom is 0.126 e. The van der Waals surface area contributed by atoms with Gasteiger partial charge in [-0.1, -0.05) is 18.9 Å². The van der Waals surface area contributed by atoms with Crippen molar-refractivity contribution in [3.63, 3.8) is 0 Å². The van der Waals surface area contributed by atoms with E-state index >= 15 is 0 Å². The van der Waals surface area contributed by atoms with E-state index in [0.29, 0.717) is 6.04 Å². The Kier molecular flexibility index (Phi) is 3.21. The fourth-order valence-electron chi connectivity index (χ4n) is 2.15. The number of nitrogens with two attached hydrogens (primary N) is 1. The molecule has 1 saturated carbocycles. The van der Waals surface area contributed by atoms with Gasteiger partial charge in [0.05, 0.1) is 0 Å². The molecule has 2 atom stereocenters. The Labute approximate surface area is 91.1 Å². The Morgan fingerprint density at radius 3 is 2.87 bits per heavy atom. The van der Waals surface area contributed by atoms with Crippen molar-refractivity contribution in [2.45, 2.75) is 44.7 Å². The average molecular weight is 205 g/mol. The van der Waals surface area contributed by atoms with Gasteiger partial charge in [0.25, 0.3) is 0 Å². The number of aromatic nitrogens is 1. The summed E-state index contributed by atoms with van der Waals surface area (Å²) in [6, 6.07) is 6.72. The second-order valence-electron chi connectivity index (χ2n) is 4.36. The highest BCUT2D eigenvalue weighted by Gasteiger charge is 2.21. The summed E-state index contributed by atoms with van der Waals surface area (Å²) in [6.45, 7) is 2.01. The molecule has 82 valence electrons. The third kappa shape index (κ3) is 2.69. The van der Waals surface area contributed by atoms with Crippen LogP contribution >= 0.6 is 0 Å². The molecule has 1 aromatic rings. The molecular weight excluding hydrogens is 186 g/mol. The summed E-state index contributed by atoms with van der Waals surface area (Å²) in [5.41, 5.74) is 7.12.